The molecule has 0 unspecified atom stereocenters. The molecule has 4 heteroatoms. The molecule has 2 saturated heterocycles. The van der Waals surface area contributed by atoms with E-state index < -0.39 is 0 Å². The number of likely N-dealkylation sites (tertiary alicyclic amines) is 1. The summed E-state index contributed by atoms with van der Waals surface area (Å²) in [6, 6.07) is 10.4. The van der Waals surface area contributed by atoms with E-state index in [0.717, 1.165) is 32.4 Å². The van der Waals surface area contributed by atoms with Gasteiger partial charge >= 0.3 is 0 Å². The number of carbonyl (C=O) groups excluding carboxylic acids is 1. The molecule has 3 atom stereocenters. The van der Waals surface area contributed by atoms with Gasteiger partial charge in [-0.1, -0.05) is 29.8 Å². The molecule has 21 heavy (non-hydrogen) atoms. The van der Waals surface area contributed by atoms with Crippen molar-refractivity contribution in [3.63, 3.8) is 0 Å². The van der Waals surface area contributed by atoms with Crippen molar-refractivity contribution in [2.24, 2.45) is 0 Å². The molecule has 0 spiro atoms. The van der Waals surface area contributed by atoms with Crippen LogP contribution in [0.1, 0.15) is 36.3 Å². The molecule has 4 nitrogen and oxygen atoms in total. The van der Waals surface area contributed by atoms with Gasteiger partial charge in [-0.15, -0.1) is 0 Å². The summed E-state index contributed by atoms with van der Waals surface area (Å²) in [5, 5.41) is 12.5. The van der Waals surface area contributed by atoms with Crippen LogP contribution in [0.25, 0.3) is 0 Å². The summed E-state index contributed by atoms with van der Waals surface area (Å²) in [6.45, 7) is 3.66. The predicted octanol–water partition coefficient (Wildman–Crippen LogP) is 1.96. The maximum absolute atomic E-state index is 12.6. The lowest BCUT2D eigenvalue weighted by Crippen LogP contribution is -2.45. The molecule has 1 N–H and O–H groups in total. The van der Waals surface area contributed by atoms with E-state index in [2.05, 4.69) is 42.6 Å². The van der Waals surface area contributed by atoms with E-state index in [1.807, 2.05) is 0 Å². The van der Waals surface area contributed by atoms with E-state index in [1.165, 1.54) is 11.1 Å². The number of benzene rings is 1. The average molecular weight is 283 g/mol. The van der Waals surface area contributed by atoms with Gasteiger partial charge in [0, 0.05) is 13.1 Å². The first-order chi connectivity index (χ1) is 10.2. The minimum Gasteiger partial charge on any atom is -0.325 e. The average Bonchev–Trinajstić information content (AvgIpc) is 3.15. The van der Waals surface area contributed by atoms with Crippen LogP contribution in [0.2, 0.25) is 0 Å². The lowest BCUT2D eigenvalue weighted by Gasteiger charge is -2.23. The van der Waals surface area contributed by atoms with Crippen molar-refractivity contribution in [2.75, 3.05) is 13.1 Å². The maximum atomic E-state index is 12.6. The Bertz CT molecular complexity index is 578. The van der Waals surface area contributed by atoms with Crippen LogP contribution in [-0.4, -0.2) is 36.0 Å². The zero-order chi connectivity index (χ0) is 14.8. The highest BCUT2D eigenvalue weighted by atomic mass is 16.2. The van der Waals surface area contributed by atoms with E-state index >= 15 is 0 Å². The van der Waals surface area contributed by atoms with E-state index in [1.54, 1.807) is 4.90 Å². The number of hydrogen-bond acceptors (Lipinski definition) is 3. The Kier molecular flexibility index (Phi) is 3.94. The first-order valence-corrected chi connectivity index (χ1v) is 7.69. The van der Waals surface area contributed by atoms with Gasteiger partial charge in [-0.2, -0.15) is 5.26 Å². The monoisotopic (exact) mass is 283 g/mol. The van der Waals surface area contributed by atoms with E-state index in [-0.39, 0.29) is 18.0 Å². The molecule has 0 bridgehead atoms. The maximum Gasteiger partial charge on any atom is 0.240 e. The first kappa shape index (κ1) is 14.1. The van der Waals surface area contributed by atoms with Crippen molar-refractivity contribution in [3.8, 4) is 6.07 Å². The molecule has 3 rings (SSSR count). The third-order valence-electron chi connectivity index (χ3n) is 4.63. The third-order valence-corrected chi connectivity index (χ3v) is 4.63. The number of carbonyl (C=O) groups is 1. The highest BCUT2D eigenvalue weighted by molar-refractivity contribution is 5.83. The molecule has 1 aromatic rings. The van der Waals surface area contributed by atoms with Crippen LogP contribution in [0.15, 0.2) is 24.3 Å². The quantitative estimate of drug-likeness (QED) is 0.902. The number of nitriles is 1. The molecule has 2 heterocycles. The number of rotatable bonds is 2. The van der Waals surface area contributed by atoms with Crippen LogP contribution >= 0.6 is 0 Å². The van der Waals surface area contributed by atoms with Gasteiger partial charge < -0.3 is 10.2 Å². The van der Waals surface area contributed by atoms with Gasteiger partial charge in [-0.05, 0) is 37.7 Å². The zero-order valence-electron chi connectivity index (χ0n) is 12.4. The first-order valence-electron chi connectivity index (χ1n) is 7.69. The Morgan fingerprint density at radius 3 is 3.10 bits per heavy atom. The number of aryl methyl sites for hydroxylation is 1. The second-order valence-corrected chi connectivity index (χ2v) is 6.13. The smallest absolute Gasteiger partial charge is 0.240 e. The van der Waals surface area contributed by atoms with Crippen molar-refractivity contribution in [1.82, 2.24) is 10.2 Å². The Labute approximate surface area is 125 Å². The van der Waals surface area contributed by atoms with Crippen molar-refractivity contribution in [2.45, 2.75) is 44.2 Å². The molecule has 2 aliphatic heterocycles. The van der Waals surface area contributed by atoms with E-state index in [9.17, 15) is 4.79 Å². The highest BCUT2D eigenvalue weighted by Gasteiger charge is 2.37. The topological polar surface area (TPSA) is 56.1 Å². The molecular weight excluding hydrogens is 262 g/mol. The zero-order valence-corrected chi connectivity index (χ0v) is 12.4. The molecule has 0 aliphatic carbocycles. The summed E-state index contributed by atoms with van der Waals surface area (Å²) in [6.07, 6.45) is 2.59. The van der Waals surface area contributed by atoms with Crippen LogP contribution in [0.3, 0.4) is 0 Å². The van der Waals surface area contributed by atoms with Gasteiger partial charge in [0.1, 0.15) is 6.04 Å². The number of amides is 1. The van der Waals surface area contributed by atoms with Crippen LogP contribution < -0.4 is 5.32 Å². The van der Waals surface area contributed by atoms with E-state index in [0.29, 0.717) is 5.92 Å². The number of hydrogen-bond donors (Lipinski definition) is 1. The fourth-order valence-electron chi connectivity index (χ4n) is 3.47. The lowest BCUT2D eigenvalue weighted by atomic mass is 9.95. The van der Waals surface area contributed by atoms with Crippen molar-refractivity contribution in [1.29, 1.82) is 5.26 Å². The lowest BCUT2D eigenvalue weighted by molar-refractivity contribution is -0.133. The van der Waals surface area contributed by atoms with Crippen LogP contribution in [-0.2, 0) is 4.79 Å². The van der Waals surface area contributed by atoms with Gasteiger partial charge in [-0.3, -0.25) is 4.79 Å². The summed E-state index contributed by atoms with van der Waals surface area (Å²) in [5.41, 5.74) is 2.56. The molecule has 1 amide bonds. The largest absolute Gasteiger partial charge is 0.325 e. The van der Waals surface area contributed by atoms with Crippen molar-refractivity contribution in [3.05, 3.63) is 35.4 Å². The molecule has 1 aromatic carbocycles. The van der Waals surface area contributed by atoms with Gasteiger partial charge in [0.2, 0.25) is 5.91 Å². The van der Waals surface area contributed by atoms with E-state index in [4.69, 9.17) is 5.26 Å². The Balaban J connectivity index is 1.67. The van der Waals surface area contributed by atoms with Crippen LogP contribution in [0.5, 0.6) is 0 Å². The molecular formula is C17H21N3O. The summed E-state index contributed by atoms with van der Waals surface area (Å²) in [5.74, 6) is 0.496. The van der Waals surface area contributed by atoms with Crippen molar-refractivity contribution >= 4 is 5.91 Å². The van der Waals surface area contributed by atoms with Gasteiger partial charge in [0.25, 0.3) is 0 Å². The normalized spacial score (nSPS) is 28.6. The second-order valence-electron chi connectivity index (χ2n) is 6.13. The molecule has 110 valence electrons. The molecule has 0 radical (unpaired) electrons. The summed E-state index contributed by atoms with van der Waals surface area (Å²) in [4.78, 5) is 14.3. The second kappa shape index (κ2) is 5.87. The Morgan fingerprint density at radius 1 is 1.48 bits per heavy atom. The summed E-state index contributed by atoms with van der Waals surface area (Å²) < 4.78 is 0. The standard InChI is InChI=1S/C17H21N3O/c1-12-4-2-5-13(8-12)14-9-16(19-11-14)17(21)20-7-3-6-15(20)10-18/h2,4-5,8,14-16,19H,3,6-7,9,11H2,1H3/t14-,15-,16-/m0/s1. The van der Waals surface area contributed by atoms with Gasteiger partial charge in [0.05, 0.1) is 12.1 Å². The molecule has 0 saturated carbocycles. The third kappa shape index (κ3) is 2.79. The minimum atomic E-state index is -0.225. The Morgan fingerprint density at radius 2 is 2.33 bits per heavy atom. The molecule has 0 aromatic heterocycles. The van der Waals surface area contributed by atoms with Crippen LogP contribution in [0, 0.1) is 18.3 Å². The number of nitrogens with one attached hydrogen (secondary N) is 1. The van der Waals surface area contributed by atoms with Crippen molar-refractivity contribution < 1.29 is 4.79 Å². The molecule has 2 fully saturated rings. The minimum absolute atomic E-state index is 0.106. The Hall–Kier alpha value is -1.86. The summed E-state index contributed by atoms with van der Waals surface area (Å²) >= 11 is 0. The molecule has 2 aliphatic rings. The van der Waals surface area contributed by atoms with Gasteiger partial charge in [0.15, 0.2) is 0 Å². The van der Waals surface area contributed by atoms with Crippen LogP contribution in [0.4, 0.5) is 0 Å². The van der Waals surface area contributed by atoms with Gasteiger partial charge in [-0.25, -0.2) is 0 Å². The predicted molar refractivity (Wildman–Crippen MR) is 80.7 cm³/mol. The number of nitrogens with zero attached hydrogens (tertiary/aromatic N) is 2. The highest BCUT2D eigenvalue weighted by Crippen LogP contribution is 2.28. The summed E-state index contributed by atoms with van der Waals surface area (Å²) in [7, 11) is 0. The SMILES string of the molecule is Cc1cccc([C@@H]2CN[C@H](C(=O)N3CCC[C@H]3C#N)C2)c1. The fourth-order valence-corrected chi connectivity index (χ4v) is 3.47. The fraction of sp³-hybridized carbons (Fsp3) is 0.529.